The zero-order valence-corrected chi connectivity index (χ0v) is 16.6. The molecular weight excluding hydrogens is 358 g/mol. The van der Waals surface area contributed by atoms with Crippen molar-refractivity contribution in [3.05, 3.63) is 35.5 Å². The van der Waals surface area contributed by atoms with Crippen molar-refractivity contribution < 1.29 is 14.3 Å². The number of benzene rings is 1. The van der Waals surface area contributed by atoms with Gasteiger partial charge in [0.15, 0.2) is 11.5 Å². The third kappa shape index (κ3) is 6.76. The van der Waals surface area contributed by atoms with Crippen LogP contribution >= 0.6 is 0 Å². The van der Waals surface area contributed by atoms with Crippen LogP contribution in [0.15, 0.2) is 30.0 Å². The Morgan fingerprint density at radius 2 is 2.00 bits per heavy atom. The van der Waals surface area contributed by atoms with Crippen LogP contribution in [-0.2, 0) is 11.2 Å². The second-order valence-corrected chi connectivity index (χ2v) is 6.41. The van der Waals surface area contributed by atoms with Crippen LogP contribution in [0.1, 0.15) is 5.56 Å². The number of methoxy groups -OCH3 is 2. The molecule has 1 aromatic rings. The summed E-state index contributed by atoms with van der Waals surface area (Å²) in [5, 5.41) is 18.4. The molecule has 1 aliphatic heterocycles. The van der Waals surface area contributed by atoms with Crippen molar-refractivity contribution in [2.45, 2.75) is 6.42 Å². The monoisotopic (exact) mass is 387 g/mol. The molecule has 8 nitrogen and oxygen atoms in total. The molecule has 0 atom stereocenters. The van der Waals surface area contributed by atoms with Crippen LogP contribution in [0.4, 0.5) is 0 Å². The van der Waals surface area contributed by atoms with E-state index in [1.54, 1.807) is 14.2 Å². The lowest BCUT2D eigenvalue weighted by Gasteiger charge is -2.26. The molecule has 1 amide bonds. The topological polar surface area (TPSA) is 98.6 Å². The van der Waals surface area contributed by atoms with Gasteiger partial charge in [0.05, 0.1) is 14.2 Å². The predicted molar refractivity (Wildman–Crippen MR) is 107 cm³/mol. The van der Waals surface area contributed by atoms with Gasteiger partial charge >= 0.3 is 0 Å². The van der Waals surface area contributed by atoms with E-state index in [4.69, 9.17) is 9.47 Å². The second-order valence-electron chi connectivity index (χ2n) is 6.41. The Labute approximate surface area is 166 Å². The first kappa shape index (κ1) is 21.5. The summed E-state index contributed by atoms with van der Waals surface area (Å²) in [4.78, 5) is 14.5. The van der Waals surface area contributed by atoms with E-state index in [0.717, 1.165) is 38.3 Å². The molecule has 0 aromatic heterocycles. The van der Waals surface area contributed by atoms with E-state index < -0.39 is 0 Å². The molecule has 1 fully saturated rings. The number of carbonyl (C=O) groups excluding carboxylic acids is 1. The third-order valence-corrected chi connectivity index (χ3v) is 4.54. The number of nitriles is 1. The first-order valence-corrected chi connectivity index (χ1v) is 9.43. The third-order valence-electron chi connectivity index (χ3n) is 4.54. The van der Waals surface area contributed by atoms with E-state index in [2.05, 4.69) is 20.9 Å². The van der Waals surface area contributed by atoms with Crippen LogP contribution in [0.5, 0.6) is 11.5 Å². The smallest absolute Gasteiger partial charge is 0.263 e. The van der Waals surface area contributed by atoms with Gasteiger partial charge in [-0.2, -0.15) is 5.26 Å². The number of hydrogen-bond donors (Lipinski definition) is 3. The maximum atomic E-state index is 12.2. The highest BCUT2D eigenvalue weighted by molar-refractivity contribution is 5.97. The SMILES string of the molecule is COc1ccc(CCNC(=O)/C(C#N)=C\NCCN2CCNCC2)cc1OC. The van der Waals surface area contributed by atoms with Crippen molar-refractivity contribution >= 4 is 5.91 Å². The molecule has 3 N–H and O–H groups in total. The predicted octanol–water partition coefficient (Wildman–Crippen LogP) is 0.265. The van der Waals surface area contributed by atoms with Crippen molar-refractivity contribution in [2.75, 3.05) is 60.0 Å². The molecular formula is C20H29N5O3. The highest BCUT2D eigenvalue weighted by Gasteiger charge is 2.10. The maximum absolute atomic E-state index is 12.2. The van der Waals surface area contributed by atoms with E-state index in [1.165, 1.54) is 6.20 Å². The Bertz CT molecular complexity index is 708. The largest absolute Gasteiger partial charge is 0.493 e. The average molecular weight is 387 g/mol. The number of rotatable bonds is 10. The van der Waals surface area contributed by atoms with Gasteiger partial charge in [0.25, 0.3) is 5.91 Å². The fourth-order valence-corrected chi connectivity index (χ4v) is 2.93. The maximum Gasteiger partial charge on any atom is 0.263 e. The molecule has 0 unspecified atom stereocenters. The number of carbonyl (C=O) groups is 1. The minimum atomic E-state index is -0.377. The van der Waals surface area contributed by atoms with Crippen LogP contribution in [0, 0.1) is 11.3 Å². The molecule has 0 saturated carbocycles. The van der Waals surface area contributed by atoms with Crippen molar-refractivity contribution in [3.8, 4) is 17.6 Å². The number of ether oxygens (including phenoxy) is 2. The molecule has 0 bridgehead atoms. The van der Waals surface area contributed by atoms with Gasteiger partial charge in [-0.25, -0.2) is 0 Å². The number of hydrogen-bond acceptors (Lipinski definition) is 7. The molecule has 2 rings (SSSR count). The summed E-state index contributed by atoms with van der Waals surface area (Å²) >= 11 is 0. The summed E-state index contributed by atoms with van der Waals surface area (Å²) < 4.78 is 10.5. The normalized spacial score (nSPS) is 14.8. The van der Waals surface area contributed by atoms with E-state index >= 15 is 0 Å². The van der Waals surface area contributed by atoms with Gasteiger partial charge in [0, 0.05) is 52.0 Å². The van der Waals surface area contributed by atoms with Crippen LogP contribution in [-0.4, -0.2) is 70.8 Å². The quantitative estimate of drug-likeness (QED) is 0.301. The van der Waals surface area contributed by atoms with E-state index in [0.29, 0.717) is 31.0 Å². The summed E-state index contributed by atoms with van der Waals surface area (Å²) in [5.41, 5.74) is 1.09. The summed E-state index contributed by atoms with van der Waals surface area (Å²) in [5.74, 6) is 0.937. The van der Waals surface area contributed by atoms with Crippen LogP contribution < -0.4 is 25.4 Å². The Morgan fingerprint density at radius 3 is 2.68 bits per heavy atom. The summed E-state index contributed by atoms with van der Waals surface area (Å²) in [6.45, 7) is 6.06. The second kappa shape index (κ2) is 11.8. The van der Waals surface area contributed by atoms with Crippen LogP contribution in [0.3, 0.4) is 0 Å². The van der Waals surface area contributed by atoms with Gasteiger partial charge in [-0.3, -0.25) is 9.69 Å². The number of nitrogens with zero attached hydrogens (tertiary/aromatic N) is 2. The number of amides is 1. The Morgan fingerprint density at radius 1 is 1.25 bits per heavy atom. The van der Waals surface area contributed by atoms with Crippen molar-refractivity contribution in [1.82, 2.24) is 20.9 Å². The zero-order chi connectivity index (χ0) is 20.2. The minimum Gasteiger partial charge on any atom is -0.493 e. The van der Waals surface area contributed by atoms with Gasteiger partial charge < -0.3 is 25.4 Å². The molecule has 28 heavy (non-hydrogen) atoms. The Balaban J connectivity index is 1.74. The van der Waals surface area contributed by atoms with Crippen LogP contribution in [0.2, 0.25) is 0 Å². The molecule has 0 spiro atoms. The highest BCUT2D eigenvalue weighted by Crippen LogP contribution is 2.27. The first-order chi connectivity index (χ1) is 13.7. The summed E-state index contributed by atoms with van der Waals surface area (Å²) in [6.07, 6.45) is 2.12. The van der Waals surface area contributed by atoms with Gasteiger partial charge in [0.2, 0.25) is 0 Å². The number of piperazine rings is 1. The van der Waals surface area contributed by atoms with Gasteiger partial charge in [-0.1, -0.05) is 6.07 Å². The summed E-state index contributed by atoms with van der Waals surface area (Å²) in [7, 11) is 3.17. The first-order valence-electron chi connectivity index (χ1n) is 9.43. The standard InChI is InChI=1S/C20H29N5O3/c1-27-18-4-3-16(13-19(18)28-2)5-6-24-20(26)17(14-21)15-23-9-12-25-10-7-22-8-11-25/h3-4,13,15,22-23H,5-12H2,1-2H3,(H,24,26)/b17-15-. The van der Waals surface area contributed by atoms with Crippen molar-refractivity contribution in [2.24, 2.45) is 0 Å². The molecule has 1 aromatic carbocycles. The number of nitrogens with one attached hydrogen (secondary N) is 3. The molecule has 1 heterocycles. The minimum absolute atomic E-state index is 0.0765. The van der Waals surface area contributed by atoms with E-state index in [9.17, 15) is 10.1 Å². The van der Waals surface area contributed by atoms with E-state index in [1.807, 2.05) is 24.3 Å². The van der Waals surface area contributed by atoms with Crippen LogP contribution in [0.25, 0.3) is 0 Å². The molecule has 152 valence electrons. The van der Waals surface area contributed by atoms with Gasteiger partial charge in [-0.15, -0.1) is 0 Å². The molecule has 0 aliphatic carbocycles. The fourth-order valence-electron chi connectivity index (χ4n) is 2.93. The molecule has 0 radical (unpaired) electrons. The van der Waals surface area contributed by atoms with Gasteiger partial charge in [-0.05, 0) is 24.1 Å². The Hall–Kier alpha value is -2.76. The fraction of sp³-hybridized carbons (Fsp3) is 0.500. The molecule has 8 heteroatoms. The lowest BCUT2D eigenvalue weighted by Crippen LogP contribution is -2.45. The lowest BCUT2D eigenvalue weighted by atomic mass is 10.1. The van der Waals surface area contributed by atoms with E-state index in [-0.39, 0.29) is 11.5 Å². The summed E-state index contributed by atoms with van der Waals surface area (Å²) in [6, 6.07) is 7.58. The van der Waals surface area contributed by atoms with Gasteiger partial charge in [0.1, 0.15) is 11.6 Å². The Kier molecular flexibility index (Phi) is 9.11. The van der Waals surface area contributed by atoms with Crippen molar-refractivity contribution in [1.29, 1.82) is 5.26 Å². The zero-order valence-electron chi connectivity index (χ0n) is 16.6. The molecule has 1 saturated heterocycles. The van der Waals surface area contributed by atoms with Crippen molar-refractivity contribution in [3.63, 3.8) is 0 Å². The average Bonchev–Trinajstić information content (AvgIpc) is 2.74. The lowest BCUT2D eigenvalue weighted by molar-refractivity contribution is -0.117. The molecule has 1 aliphatic rings. The highest BCUT2D eigenvalue weighted by atomic mass is 16.5.